The van der Waals surface area contributed by atoms with Gasteiger partial charge in [-0.05, 0) is 23.3 Å². The minimum Gasteiger partial charge on any atom is -0.182 e. The Hall–Kier alpha value is -1.73. The topological polar surface area (TPSA) is 78.4 Å². The zero-order valence-electron chi connectivity index (χ0n) is 11.9. The van der Waals surface area contributed by atoms with Crippen molar-refractivity contribution < 1.29 is 28.0 Å². The standard InChI is InChI=1S/C17H13ClO4S/c19-18(20,21)22-23-16(14-8-3-1-4-9-14)12-7-13-17(23)15-10-5-2-6-11-15/h1-13H. The number of benzene rings is 2. The molecule has 0 aliphatic carbocycles. The van der Waals surface area contributed by atoms with E-state index in [2.05, 4.69) is 0 Å². The summed E-state index contributed by atoms with van der Waals surface area (Å²) in [4.78, 5) is 1.30. The van der Waals surface area contributed by atoms with Crippen LogP contribution in [-0.2, 0) is 3.74 Å². The molecule has 0 radical (unpaired) electrons. The van der Waals surface area contributed by atoms with Gasteiger partial charge in [0.05, 0.1) is 20.0 Å². The molecule has 0 bridgehead atoms. The smallest absolute Gasteiger partial charge is 0.148 e. The summed E-state index contributed by atoms with van der Waals surface area (Å²) in [5.41, 5.74) is 1.62. The van der Waals surface area contributed by atoms with Crippen LogP contribution in [0.25, 0.3) is 4.91 Å². The first-order valence-corrected chi connectivity index (χ1v) is 9.14. The molecule has 0 saturated carbocycles. The van der Waals surface area contributed by atoms with Crippen molar-refractivity contribution in [1.29, 1.82) is 0 Å². The number of hydrogen-bond donors (Lipinski definition) is 0. The molecule has 118 valence electrons. The first-order valence-electron chi connectivity index (χ1n) is 6.76. The highest BCUT2D eigenvalue weighted by Crippen LogP contribution is 2.41. The molecule has 23 heavy (non-hydrogen) atoms. The Morgan fingerprint density at radius 1 is 0.783 bits per heavy atom. The van der Waals surface area contributed by atoms with E-state index < -0.39 is 21.0 Å². The molecule has 1 aliphatic rings. The van der Waals surface area contributed by atoms with Gasteiger partial charge in [-0.25, -0.2) is 0 Å². The third-order valence-corrected chi connectivity index (χ3v) is 5.82. The van der Waals surface area contributed by atoms with Crippen molar-refractivity contribution in [3.05, 3.63) is 90.0 Å². The van der Waals surface area contributed by atoms with Crippen LogP contribution in [0.3, 0.4) is 0 Å². The third-order valence-electron chi connectivity index (χ3n) is 3.15. The summed E-state index contributed by atoms with van der Waals surface area (Å²) in [5.74, 6) is 0. The lowest BCUT2D eigenvalue weighted by molar-refractivity contribution is -1.91. The van der Waals surface area contributed by atoms with Gasteiger partial charge in [0.1, 0.15) is 14.5 Å². The summed E-state index contributed by atoms with van der Waals surface area (Å²) in [6.45, 7) is 0. The second-order valence-corrected chi connectivity index (χ2v) is 7.37. The van der Waals surface area contributed by atoms with Crippen molar-refractivity contribution in [3.63, 3.8) is 0 Å². The quantitative estimate of drug-likeness (QED) is 0.769. The van der Waals surface area contributed by atoms with Gasteiger partial charge >= 0.3 is 0 Å². The molecule has 0 N–H and O–H groups in total. The van der Waals surface area contributed by atoms with Crippen LogP contribution in [0.1, 0.15) is 11.1 Å². The van der Waals surface area contributed by atoms with Crippen LogP contribution in [0.2, 0.25) is 0 Å². The molecular weight excluding hydrogens is 336 g/mol. The predicted octanol–water partition coefficient (Wildman–Crippen LogP) is 0.916. The van der Waals surface area contributed by atoms with E-state index in [1.807, 2.05) is 66.7 Å². The van der Waals surface area contributed by atoms with Crippen molar-refractivity contribution in [2.24, 2.45) is 0 Å². The van der Waals surface area contributed by atoms with Gasteiger partial charge in [0, 0.05) is 0 Å². The molecule has 3 rings (SSSR count). The molecule has 1 atom stereocenters. The highest BCUT2D eigenvalue weighted by molar-refractivity contribution is 8.20. The Labute approximate surface area is 138 Å². The van der Waals surface area contributed by atoms with E-state index in [9.17, 15) is 14.0 Å². The highest BCUT2D eigenvalue weighted by atomic mass is 35.7. The molecular formula is C17H13ClO4S. The van der Waals surface area contributed by atoms with E-state index in [1.54, 1.807) is 12.2 Å². The van der Waals surface area contributed by atoms with Crippen LogP contribution in [0.15, 0.2) is 78.9 Å². The fourth-order valence-corrected chi connectivity index (χ4v) is 4.72. The van der Waals surface area contributed by atoms with E-state index in [0.717, 1.165) is 11.1 Å². The van der Waals surface area contributed by atoms with Crippen LogP contribution in [0, 0.1) is 10.2 Å². The summed E-state index contributed by atoms with van der Waals surface area (Å²) in [7, 11) is -5.86. The molecule has 6 heteroatoms. The molecule has 0 amide bonds. The Balaban J connectivity index is 2.15. The monoisotopic (exact) mass is 348 g/mol. The van der Waals surface area contributed by atoms with Gasteiger partial charge in [-0.2, -0.15) is 14.0 Å². The summed E-state index contributed by atoms with van der Waals surface area (Å²) in [6, 6.07) is 18.5. The minimum absolute atomic E-state index is 0.652. The van der Waals surface area contributed by atoms with E-state index in [-0.39, 0.29) is 0 Å². The summed E-state index contributed by atoms with van der Waals surface area (Å²) in [6.07, 6.45) is 5.36. The van der Waals surface area contributed by atoms with Crippen LogP contribution < -0.4 is 14.0 Å². The fraction of sp³-hybridized carbons (Fsp3) is 0. The van der Waals surface area contributed by atoms with Crippen molar-refractivity contribution in [2.45, 2.75) is 0 Å². The fourth-order valence-electron chi connectivity index (χ4n) is 2.22. The lowest BCUT2D eigenvalue weighted by atomic mass is 10.1. The first-order chi connectivity index (χ1) is 11.0. The van der Waals surface area contributed by atoms with Crippen LogP contribution in [-0.4, -0.2) is 4.86 Å². The van der Waals surface area contributed by atoms with E-state index in [0.29, 0.717) is 9.77 Å². The van der Waals surface area contributed by atoms with Gasteiger partial charge in [0.15, 0.2) is 0 Å². The normalized spacial score (nSPS) is 18.0. The van der Waals surface area contributed by atoms with Gasteiger partial charge in [0.2, 0.25) is 0 Å². The molecule has 0 fully saturated rings. The zero-order valence-corrected chi connectivity index (χ0v) is 13.5. The Morgan fingerprint density at radius 2 is 1.35 bits per heavy atom. The van der Waals surface area contributed by atoms with Gasteiger partial charge in [-0.3, -0.25) is 0 Å². The lowest BCUT2D eigenvalue weighted by Gasteiger charge is -2.19. The molecule has 0 saturated heterocycles. The van der Waals surface area contributed by atoms with Crippen LogP contribution >= 0.6 is 10.8 Å². The predicted molar refractivity (Wildman–Crippen MR) is 82.8 cm³/mol. The van der Waals surface area contributed by atoms with Gasteiger partial charge in [-0.15, -0.1) is 0 Å². The second kappa shape index (κ2) is 6.80. The van der Waals surface area contributed by atoms with Crippen molar-refractivity contribution in [3.8, 4) is 0 Å². The number of hydrogen-bond acceptors (Lipinski definition) is 4. The summed E-state index contributed by atoms with van der Waals surface area (Å²) < 4.78 is 38.4. The number of halogens is 1. The molecule has 2 aromatic carbocycles. The van der Waals surface area contributed by atoms with Crippen molar-refractivity contribution >= 4 is 20.5 Å². The van der Waals surface area contributed by atoms with Crippen LogP contribution in [0.5, 0.6) is 0 Å². The van der Waals surface area contributed by atoms with Gasteiger partial charge < -0.3 is 0 Å². The average Bonchev–Trinajstić information content (AvgIpc) is 2.55. The minimum atomic E-state index is -4.54. The first kappa shape index (κ1) is 16.1. The zero-order chi connectivity index (χ0) is 16.3. The molecule has 2 aromatic rings. The van der Waals surface area contributed by atoms with Gasteiger partial charge in [-0.1, -0.05) is 66.7 Å². The largest absolute Gasteiger partial charge is 0.182 e. The maximum Gasteiger partial charge on any atom is 0.148 e. The van der Waals surface area contributed by atoms with E-state index >= 15 is 0 Å². The van der Waals surface area contributed by atoms with Gasteiger partial charge in [0.25, 0.3) is 0 Å². The third kappa shape index (κ3) is 3.97. The average molecular weight is 349 g/mol. The molecule has 1 heterocycles. The maximum atomic E-state index is 11.2. The maximum absolute atomic E-state index is 11.2. The van der Waals surface area contributed by atoms with Crippen molar-refractivity contribution in [1.82, 2.24) is 0 Å². The molecule has 1 aliphatic heterocycles. The summed E-state index contributed by atoms with van der Waals surface area (Å²) >= 11 is 0. The number of rotatable bonds is 4. The number of allylic oxidation sites excluding steroid dienone is 3. The van der Waals surface area contributed by atoms with Crippen LogP contribution in [0.4, 0.5) is 0 Å². The molecule has 4 nitrogen and oxygen atoms in total. The Morgan fingerprint density at radius 3 is 1.91 bits per heavy atom. The molecule has 0 spiro atoms. The Kier molecular flexibility index (Phi) is 4.77. The van der Waals surface area contributed by atoms with Crippen molar-refractivity contribution in [2.75, 3.05) is 0 Å². The lowest BCUT2D eigenvalue weighted by Crippen LogP contribution is -2.60. The Bertz CT molecular complexity index is 777. The summed E-state index contributed by atoms with van der Waals surface area (Å²) in [5, 5.41) is 0. The van der Waals surface area contributed by atoms with E-state index in [1.165, 1.54) is 0 Å². The molecule has 1 unspecified atom stereocenters. The van der Waals surface area contributed by atoms with E-state index in [4.69, 9.17) is 3.74 Å². The second-order valence-electron chi connectivity index (χ2n) is 4.70. The highest BCUT2D eigenvalue weighted by Gasteiger charge is 2.30. The SMILES string of the molecule is [O-][Cl+3]([O-])([O-])OS1=C(c2ccccc2)C=CC=C1c1ccccc1. The molecule has 0 aromatic heterocycles.